The summed E-state index contributed by atoms with van der Waals surface area (Å²) >= 11 is 0. The number of rotatable bonds is 3. The number of benzene rings is 1. The smallest absolute Gasteiger partial charge is 0.319 e. The molecular weight excluding hydrogens is 275 g/mol. The molecule has 21 heavy (non-hydrogen) atoms. The molecule has 0 spiro atoms. The normalized spacial score (nSPS) is 16.5. The molecule has 0 aliphatic heterocycles. The number of halogens is 1. The van der Waals surface area contributed by atoms with E-state index in [2.05, 4.69) is 15.8 Å². The number of amidine groups is 1. The number of nitrogens with one attached hydrogen (secondary N) is 2. The van der Waals surface area contributed by atoms with Crippen LogP contribution in [-0.4, -0.2) is 23.1 Å². The van der Waals surface area contributed by atoms with E-state index in [1.54, 1.807) is 0 Å². The second kappa shape index (κ2) is 6.92. The summed E-state index contributed by atoms with van der Waals surface area (Å²) in [5.74, 6) is -0.794. The van der Waals surface area contributed by atoms with Crippen LogP contribution >= 0.6 is 0 Å². The SMILES string of the molecule is N/C(=N/O)c1cc(F)ccc1NC(=O)NC1CCCCC1. The van der Waals surface area contributed by atoms with Crippen molar-refractivity contribution in [3.8, 4) is 0 Å². The number of amides is 2. The van der Waals surface area contributed by atoms with Crippen LogP contribution in [0.2, 0.25) is 0 Å². The molecule has 0 bridgehead atoms. The van der Waals surface area contributed by atoms with Crippen LogP contribution in [0, 0.1) is 5.82 Å². The van der Waals surface area contributed by atoms with E-state index in [0.717, 1.165) is 31.7 Å². The number of carbonyl (C=O) groups excluding carboxylic acids is 1. The van der Waals surface area contributed by atoms with Crippen LogP contribution in [0.25, 0.3) is 0 Å². The third-order valence-corrected chi connectivity index (χ3v) is 3.55. The van der Waals surface area contributed by atoms with Crippen molar-refractivity contribution in [1.82, 2.24) is 5.32 Å². The Balaban J connectivity index is 2.06. The molecule has 114 valence electrons. The number of oxime groups is 1. The Labute approximate surface area is 122 Å². The van der Waals surface area contributed by atoms with Gasteiger partial charge in [-0.05, 0) is 31.0 Å². The molecule has 2 rings (SSSR count). The Morgan fingerprint density at radius 3 is 2.71 bits per heavy atom. The highest BCUT2D eigenvalue weighted by atomic mass is 19.1. The number of nitrogens with zero attached hydrogens (tertiary/aromatic N) is 1. The predicted molar refractivity (Wildman–Crippen MR) is 77.9 cm³/mol. The van der Waals surface area contributed by atoms with Gasteiger partial charge in [-0.3, -0.25) is 0 Å². The summed E-state index contributed by atoms with van der Waals surface area (Å²) in [7, 11) is 0. The summed E-state index contributed by atoms with van der Waals surface area (Å²) in [5.41, 5.74) is 5.91. The van der Waals surface area contributed by atoms with Crippen LogP contribution in [0.1, 0.15) is 37.7 Å². The van der Waals surface area contributed by atoms with Crippen molar-refractivity contribution in [3.63, 3.8) is 0 Å². The minimum Gasteiger partial charge on any atom is -0.409 e. The summed E-state index contributed by atoms with van der Waals surface area (Å²) in [5, 5.41) is 17.0. The maximum atomic E-state index is 13.2. The molecule has 0 heterocycles. The maximum absolute atomic E-state index is 13.2. The van der Waals surface area contributed by atoms with Gasteiger partial charge in [0.25, 0.3) is 0 Å². The lowest BCUT2D eigenvalue weighted by molar-refractivity contribution is 0.244. The van der Waals surface area contributed by atoms with Crippen molar-refractivity contribution in [2.24, 2.45) is 10.9 Å². The number of nitrogens with two attached hydrogens (primary N) is 1. The van der Waals surface area contributed by atoms with Gasteiger partial charge < -0.3 is 21.6 Å². The highest BCUT2D eigenvalue weighted by molar-refractivity contribution is 6.05. The van der Waals surface area contributed by atoms with Gasteiger partial charge >= 0.3 is 6.03 Å². The number of hydrogen-bond donors (Lipinski definition) is 4. The zero-order valence-corrected chi connectivity index (χ0v) is 11.6. The first-order valence-electron chi connectivity index (χ1n) is 6.95. The molecule has 0 atom stereocenters. The molecule has 0 aromatic heterocycles. The fourth-order valence-corrected chi connectivity index (χ4v) is 2.48. The molecule has 5 N–H and O–H groups in total. The van der Waals surface area contributed by atoms with E-state index in [1.807, 2.05) is 0 Å². The molecule has 2 amide bonds. The van der Waals surface area contributed by atoms with Gasteiger partial charge in [0, 0.05) is 11.6 Å². The largest absolute Gasteiger partial charge is 0.409 e. The van der Waals surface area contributed by atoms with Gasteiger partial charge in [-0.15, -0.1) is 0 Å². The molecule has 6 nitrogen and oxygen atoms in total. The van der Waals surface area contributed by atoms with Crippen LogP contribution in [0.5, 0.6) is 0 Å². The van der Waals surface area contributed by atoms with Gasteiger partial charge in [-0.1, -0.05) is 24.4 Å². The van der Waals surface area contributed by atoms with E-state index in [0.29, 0.717) is 5.69 Å². The number of carbonyl (C=O) groups is 1. The Bertz CT molecular complexity index is 542. The Hall–Kier alpha value is -2.31. The standard InChI is InChI=1S/C14H19FN4O2/c15-9-6-7-12(11(8-9)13(16)19-21)18-14(20)17-10-4-2-1-3-5-10/h6-8,10,21H,1-5H2,(H2,16,19)(H2,17,18,20). The van der Waals surface area contributed by atoms with Crippen LogP contribution in [-0.2, 0) is 0 Å². The first kappa shape index (κ1) is 15.1. The van der Waals surface area contributed by atoms with Crippen LogP contribution < -0.4 is 16.4 Å². The topological polar surface area (TPSA) is 99.7 Å². The minimum absolute atomic E-state index is 0.135. The summed E-state index contributed by atoms with van der Waals surface area (Å²) < 4.78 is 13.2. The van der Waals surface area contributed by atoms with Gasteiger partial charge in [-0.2, -0.15) is 0 Å². The summed E-state index contributed by atoms with van der Waals surface area (Å²) in [6.45, 7) is 0. The molecule has 0 saturated heterocycles. The molecule has 1 aromatic carbocycles. The van der Waals surface area contributed by atoms with Crippen molar-refractivity contribution < 1.29 is 14.4 Å². The lowest BCUT2D eigenvalue weighted by Gasteiger charge is -2.23. The average molecular weight is 294 g/mol. The van der Waals surface area contributed by atoms with Gasteiger partial charge in [0.1, 0.15) is 5.82 Å². The fraction of sp³-hybridized carbons (Fsp3) is 0.429. The zero-order chi connectivity index (χ0) is 15.2. The monoisotopic (exact) mass is 294 g/mol. The second-order valence-electron chi connectivity index (χ2n) is 5.11. The first-order chi connectivity index (χ1) is 10.1. The van der Waals surface area contributed by atoms with Crippen molar-refractivity contribution >= 4 is 17.6 Å². The summed E-state index contributed by atoms with van der Waals surface area (Å²) in [6, 6.07) is 3.46. The van der Waals surface area contributed by atoms with E-state index in [9.17, 15) is 9.18 Å². The number of anilines is 1. The average Bonchev–Trinajstić information content (AvgIpc) is 2.49. The molecule has 1 aliphatic rings. The van der Waals surface area contributed by atoms with Gasteiger partial charge in [0.15, 0.2) is 5.84 Å². The zero-order valence-electron chi connectivity index (χ0n) is 11.6. The fourth-order valence-electron chi connectivity index (χ4n) is 2.48. The molecule has 1 saturated carbocycles. The van der Waals surface area contributed by atoms with E-state index < -0.39 is 5.82 Å². The lowest BCUT2D eigenvalue weighted by Crippen LogP contribution is -2.39. The Kier molecular flexibility index (Phi) is 4.97. The molecule has 0 unspecified atom stereocenters. The Morgan fingerprint density at radius 2 is 2.05 bits per heavy atom. The highest BCUT2D eigenvalue weighted by Crippen LogP contribution is 2.19. The van der Waals surface area contributed by atoms with Crippen molar-refractivity contribution in [3.05, 3.63) is 29.6 Å². The molecular formula is C14H19FN4O2. The first-order valence-corrected chi connectivity index (χ1v) is 6.95. The van der Waals surface area contributed by atoms with E-state index in [1.165, 1.54) is 18.6 Å². The molecule has 1 aliphatic carbocycles. The van der Waals surface area contributed by atoms with E-state index in [-0.39, 0.29) is 23.5 Å². The molecule has 1 aromatic rings. The maximum Gasteiger partial charge on any atom is 0.319 e. The minimum atomic E-state index is -0.533. The van der Waals surface area contributed by atoms with E-state index >= 15 is 0 Å². The lowest BCUT2D eigenvalue weighted by atomic mass is 9.96. The third kappa shape index (κ3) is 4.08. The third-order valence-electron chi connectivity index (χ3n) is 3.55. The quantitative estimate of drug-likeness (QED) is 0.298. The van der Waals surface area contributed by atoms with Crippen LogP contribution in [0.3, 0.4) is 0 Å². The van der Waals surface area contributed by atoms with Gasteiger partial charge in [-0.25, -0.2) is 9.18 Å². The second-order valence-corrected chi connectivity index (χ2v) is 5.11. The van der Waals surface area contributed by atoms with Crippen LogP contribution in [0.15, 0.2) is 23.4 Å². The Morgan fingerprint density at radius 1 is 1.33 bits per heavy atom. The predicted octanol–water partition coefficient (Wildman–Crippen LogP) is 2.37. The van der Waals surface area contributed by atoms with Crippen molar-refractivity contribution in [1.29, 1.82) is 0 Å². The molecule has 7 heteroatoms. The van der Waals surface area contributed by atoms with Gasteiger partial charge in [0.2, 0.25) is 0 Å². The molecule has 1 fully saturated rings. The number of urea groups is 1. The summed E-state index contributed by atoms with van der Waals surface area (Å²) in [4.78, 5) is 12.0. The van der Waals surface area contributed by atoms with Crippen LogP contribution in [0.4, 0.5) is 14.9 Å². The van der Waals surface area contributed by atoms with E-state index in [4.69, 9.17) is 10.9 Å². The number of hydrogen-bond acceptors (Lipinski definition) is 3. The summed E-state index contributed by atoms with van der Waals surface area (Å²) in [6.07, 6.45) is 5.34. The van der Waals surface area contributed by atoms with Crippen molar-refractivity contribution in [2.75, 3.05) is 5.32 Å². The van der Waals surface area contributed by atoms with Crippen molar-refractivity contribution in [2.45, 2.75) is 38.1 Å². The van der Waals surface area contributed by atoms with Gasteiger partial charge in [0.05, 0.1) is 5.69 Å². The highest BCUT2D eigenvalue weighted by Gasteiger charge is 2.17. The molecule has 0 radical (unpaired) electrons.